The summed E-state index contributed by atoms with van der Waals surface area (Å²) in [6.07, 6.45) is 0. The van der Waals surface area contributed by atoms with Gasteiger partial charge in [-0.2, -0.15) is 0 Å². The van der Waals surface area contributed by atoms with Gasteiger partial charge in [0.1, 0.15) is 5.75 Å². The van der Waals surface area contributed by atoms with E-state index in [0.29, 0.717) is 11.0 Å². The molecule has 0 aromatic heterocycles. The van der Waals surface area contributed by atoms with Crippen molar-refractivity contribution in [1.29, 1.82) is 0 Å². The summed E-state index contributed by atoms with van der Waals surface area (Å²) in [4.78, 5) is 11.5. The van der Waals surface area contributed by atoms with Gasteiger partial charge in [0, 0.05) is 11.0 Å². The van der Waals surface area contributed by atoms with Crippen molar-refractivity contribution >= 4 is 21.8 Å². The number of hydrogen-bond donors (Lipinski definition) is 2. The van der Waals surface area contributed by atoms with Gasteiger partial charge in [-0.3, -0.25) is 4.79 Å². The molecule has 2 N–H and O–H groups in total. The van der Waals surface area contributed by atoms with Gasteiger partial charge in [0.15, 0.2) is 0 Å². The number of aromatic hydroxyl groups is 1. The highest BCUT2D eigenvalue weighted by Gasteiger charge is 2.10. The van der Waals surface area contributed by atoms with Crippen LogP contribution in [-0.2, 0) is 0 Å². The summed E-state index contributed by atoms with van der Waals surface area (Å²) in [6.45, 7) is 5.79. The number of phenols is 1. The zero-order valence-corrected chi connectivity index (χ0v) is 9.97. The molecule has 3 nitrogen and oxygen atoms in total. The fraction of sp³-hybridized carbons (Fsp3) is 0.182. The van der Waals surface area contributed by atoms with E-state index in [1.807, 2.05) is 6.92 Å². The summed E-state index contributed by atoms with van der Waals surface area (Å²) in [5, 5.41) is 12.1. The van der Waals surface area contributed by atoms with Crippen LogP contribution in [-0.4, -0.2) is 17.6 Å². The molecule has 1 amide bonds. The van der Waals surface area contributed by atoms with E-state index >= 15 is 0 Å². The average Bonchev–Trinajstić information content (AvgIpc) is 2.14. The molecule has 0 spiro atoms. The lowest BCUT2D eigenvalue weighted by Crippen LogP contribution is -2.24. The average molecular weight is 270 g/mol. The highest BCUT2D eigenvalue weighted by atomic mass is 79.9. The van der Waals surface area contributed by atoms with E-state index in [4.69, 9.17) is 0 Å². The van der Waals surface area contributed by atoms with Gasteiger partial charge in [0.25, 0.3) is 5.91 Å². The first-order chi connectivity index (χ1) is 7.00. The summed E-state index contributed by atoms with van der Waals surface area (Å²) < 4.78 is 0.683. The van der Waals surface area contributed by atoms with E-state index in [0.717, 1.165) is 5.56 Å². The van der Waals surface area contributed by atoms with E-state index in [-0.39, 0.29) is 17.2 Å². The third-order valence-corrected chi connectivity index (χ3v) is 2.12. The lowest BCUT2D eigenvalue weighted by molar-refractivity contribution is 0.0955. The Hall–Kier alpha value is -1.29. The Morgan fingerprint density at radius 3 is 2.80 bits per heavy atom. The number of halogens is 1. The van der Waals surface area contributed by atoms with Crippen molar-refractivity contribution in [1.82, 2.24) is 5.32 Å². The molecule has 0 saturated carbocycles. The number of carbonyl (C=O) groups is 1. The molecule has 0 aliphatic heterocycles. The largest absolute Gasteiger partial charge is 0.507 e. The molecule has 0 radical (unpaired) electrons. The van der Waals surface area contributed by atoms with Gasteiger partial charge in [-0.05, 0) is 24.6 Å². The fourth-order valence-corrected chi connectivity index (χ4v) is 1.25. The normalized spacial score (nSPS) is 9.73. The van der Waals surface area contributed by atoms with Crippen molar-refractivity contribution in [3.63, 3.8) is 0 Å². The predicted molar refractivity (Wildman–Crippen MR) is 63.2 cm³/mol. The number of carbonyl (C=O) groups excluding carboxylic acids is 1. The van der Waals surface area contributed by atoms with E-state index in [2.05, 4.69) is 27.8 Å². The van der Waals surface area contributed by atoms with Gasteiger partial charge in [0.05, 0.1) is 5.56 Å². The Morgan fingerprint density at radius 2 is 2.27 bits per heavy atom. The highest BCUT2D eigenvalue weighted by molar-refractivity contribution is 9.11. The number of benzene rings is 1. The van der Waals surface area contributed by atoms with Crippen LogP contribution >= 0.6 is 15.9 Å². The molecule has 0 bridgehead atoms. The quantitative estimate of drug-likeness (QED) is 0.885. The zero-order valence-electron chi connectivity index (χ0n) is 8.38. The summed E-state index contributed by atoms with van der Waals surface area (Å²) >= 11 is 3.13. The number of amides is 1. The van der Waals surface area contributed by atoms with Crippen molar-refractivity contribution in [2.45, 2.75) is 6.92 Å². The standard InChI is InChI=1S/C11H12BrNO2/c1-7-3-4-9(10(14)5-7)11(15)13-6-8(2)12/h3-5,14H,2,6H2,1H3,(H,13,15). The topological polar surface area (TPSA) is 49.3 Å². The third kappa shape index (κ3) is 3.40. The van der Waals surface area contributed by atoms with Crippen LogP contribution in [0.2, 0.25) is 0 Å². The molecule has 0 fully saturated rings. The first kappa shape index (κ1) is 11.8. The minimum atomic E-state index is -0.312. The zero-order chi connectivity index (χ0) is 11.4. The van der Waals surface area contributed by atoms with Crippen LogP contribution in [0.15, 0.2) is 29.3 Å². The molecule has 0 heterocycles. The van der Waals surface area contributed by atoms with Crippen LogP contribution in [0.1, 0.15) is 15.9 Å². The van der Waals surface area contributed by atoms with Crippen LogP contribution in [0.25, 0.3) is 0 Å². The molecule has 0 aliphatic carbocycles. The maximum atomic E-state index is 11.5. The Balaban J connectivity index is 2.78. The smallest absolute Gasteiger partial charge is 0.255 e. The third-order valence-electron chi connectivity index (χ3n) is 1.84. The highest BCUT2D eigenvalue weighted by Crippen LogP contribution is 2.18. The van der Waals surface area contributed by atoms with Gasteiger partial charge < -0.3 is 10.4 Å². The van der Waals surface area contributed by atoms with Crippen LogP contribution in [0.4, 0.5) is 0 Å². The van der Waals surface area contributed by atoms with Gasteiger partial charge >= 0.3 is 0 Å². The summed E-state index contributed by atoms with van der Waals surface area (Å²) in [5.74, 6) is -0.319. The maximum absolute atomic E-state index is 11.5. The van der Waals surface area contributed by atoms with Crippen molar-refractivity contribution in [2.24, 2.45) is 0 Å². The van der Waals surface area contributed by atoms with Crippen molar-refractivity contribution in [2.75, 3.05) is 6.54 Å². The number of hydrogen-bond acceptors (Lipinski definition) is 2. The second kappa shape index (κ2) is 4.98. The molecule has 15 heavy (non-hydrogen) atoms. The Labute approximate surface area is 96.9 Å². The molecule has 0 aliphatic rings. The SMILES string of the molecule is C=C(Br)CNC(=O)c1ccc(C)cc1O. The predicted octanol–water partition coefficient (Wildman–Crippen LogP) is 2.34. The molecule has 80 valence electrons. The van der Waals surface area contributed by atoms with Crippen LogP contribution in [0, 0.1) is 6.92 Å². The molecule has 1 rings (SSSR count). The lowest BCUT2D eigenvalue weighted by atomic mass is 10.1. The van der Waals surface area contributed by atoms with Crippen molar-refractivity contribution in [3.8, 4) is 5.75 Å². The van der Waals surface area contributed by atoms with Gasteiger partial charge in [-0.15, -0.1) is 0 Å². The van der Waals surface area contributed by atoms with Crippen molar-refractivity contribution < 1.29 is 9.90 Å². The van der Waals surface area contributed by atoms with Crippen LogP contribution in [0.5, 0.6) is 5.75 Å². The Kier molecular flexibility index (Phi) is 3.91. The molecule has 1 aromatic rings. The summed E-state index contributed by atoms with van der Waals surface area (Å²) in [5.41, 5.74) is 1.18. The van der Waals surface area contributed by atoms with Gasteiger partial charge in [-0.1, -0.05) is 28.6 Å². The summed E-state index contributed by atoms with van der Waals surface area (Å²) in [7, 11) is 0. The number of aryl methyl sites for hydroxylation is 1. The second-order valence-electron chi connectivity index (χ2n) is 3.22. The fourth-order valence-electron chi connectivity index (χ4n) is 1.11. The number of rotatable bonds is 3. The van der Waals surface area contributed by atoms with Crippen molar-refractivity contribution in [3.05, 3.63) is 40.4 Å². The minimum Gasteiger partial charge on any atom is -0.507 e. The van der Waals surface area contributed by atoms with Crippen LogP contribution < -0.4 is 5.32 Å². The molecule has 4 heteroatoms. The van der Waals surface area contributed by atoms with E-state index in [1.54, 1.807) is 18.2 Å². The lowest BCUT2D eigenvalue weighted by Gasteiger charge is -2.06. The minimum absolute atomic E-state index is 0.00677. The van der Waals surface area contributed by atoms with Crippen LogP contribution in [0.3, 0.4) is 0 Å². The van der Waals surface area contributed by atoms with Gasteiger partial charge in [-0.25, -0.2) is 0 Å². The molecular formula is C11H12BrNO2. The maximum Gasteiger partial charge on any atom is 0.255 e. The van der Waals surface area contributed by atoms with E-state index < -0.39 is 0 Å². The monoisotopic (exact) mass is 269 g/mol. The first-order valence-corrected chi connectivity index (χ1v) is 5.21. The Morgan fingerprint density at radius 1 is 1.60 bits per heavy atom. The second-order valence-corrected chi connectivity index (χ2v) is 4.34. The number of nitrogens with one attached hydrogen (secondary N) is 1. The van der Waals surface area contributed by atoms with E-state index in [9.17, 15) is 9.90 Å². The molecule has 0 unspecified atom stereocenters. The molecule has 1 aromatic carbocycles. The number of phenolic OH excluding ortho intramolecular Hbond substituents is 1. The summed E-state index contributed by atoms with van der Waals surface area (Å²) in [6, 6.07) is 4.92. The molecule has 0 atom stereocenters. The molecule has 0 saturated heterocycles. The Bertz CT molecular complexity index is 402. The first-order valence-electron chi connectivity index (χ1n) is 4.42. The van der Waals surface area contributed by atoms with E-state index in [1.165, 1.54) is 0 Å². The molecular weight excluding hydrogens is 258 g/mol. The van der Waals surface area contributed by atoms with Gasteiger partial charge in [0.2, 0.25) is 0 Å².